The fraction of sp³-hybridized carbons (Fsp3) is 0.571. The number of ether oxygens (including phenoxy) is 2. The first-order valence-electron chi connectivity index (χ1n) is 6.01. The smallest absolute Gasteiger partial charge is 0.119 e. The molecule has 1 rings (SSSR count). The molecule has 0 aliphatic rings. The summed E-state index contributed by atoms with van der Waals surface area (Å²) < 4.78 is 10.5. The van der Waals surface area contributed by atoms with E-state index in [-0.39, 0.29) is 45.4 Å². The molecule has 1 aromatic rings. The summed E-state index contributed by atoms with van der Waals surface area (Å²) in [5.74, 6) is 1.47. The van der Waals surface area contributed by atoms with Crippen molar-refractivity contribution in [2.24, 2.45) is 5.92 Å². The van der Waals surface area contributed by atoms with Gasteiger partial charge >= 0.3 is 0 Å². The van der Waals surface area contributed by atoms with E-state index in [9.17, 15) is 0 Å². The van der Waals surface area contributed by atoms with Crippen LogP contribution in [0.1, 0.15) is 19.4 Å². The molecular formula is C14H22O3Y. The Morgan fingerprint density at radius 3 is 2.22 bits per heavy atom. The van der Waals surface area contributed by atoms with E-state index in [1.165, 1.54) is 5.56 Å². The van der Waals surface area contributed by atoms with Crippen LogP contribution in [0.2, 0.25) is 0 Å². The fourth-order valence-electron chi connectivity index (χ4n) is 1.58. The van der Waals surface area contributed by atoms with Gasteiger partial charge in [0.1, 0.15) is 18.5 Å². The second-order valence-electron chi connectivity index (χ2n) is 4.59. The van der Waals surface area contributed by atoms with Gasteiger partial charge in [-0.1, -0.05) is 26.0 Å². The van der Waals surface area contributed by atoms with Gasteiger partial charge in [-0.15, -0.1) is 0 Å². The molecule has 0 fully saturated rings. The molecule has 0 saturated carbocycles. The largest absolute Gasteiger partial charge is 0.491 e. The van der Waals surface area contributed by atoms with Crippen LogP contribution in [-0.4, -0.2) is 31.5 Å². The summed E-state index contributed by atoms with van der Waals surface area (Å²) >= 11 is 0. The van der Waals surface area contributed by atoms with Crippen molar-refractivity contribution in [2.45, 2.75) is 26.4 Å². The maximum atomic E-state index is 8.94. The third-order valence-electron chi connectivity index (χ3n) is 2.54. The minimum atomic E-state index is -0.259. The first-order valence-corrected chi connectivity index (χ1v) is 6.01. The molecule has 0 spiro atoms. The maximum absolute atomic E-state index is 8.94. The molecule has 1 radical (unpaired) electrons. The molecule has 0 amide bonds. The third kappa shape index (κ3) is 6.84. The zero-order valence-corrected chi connectivity index (χ0v) is 14.3. The Bertz CT molecular complexity index is 307. The Balaban J connectivity index is 0.00000289. The van der Waals surface area contributed by atoms with E-state index in [4.69, 9.17) is 14.6 Å². The summed E-state index contributed by atoms with van der Waals surface area (Å²) in [6.07, 6.45) is 0.822. The van der Waals surface area contributed by atoms with Crippen molar-refractivity contribution in [1.29, 1.82) is 0 Å². The number of rotatable bonds is 7. The molecule has 3 nitrogen and oxygen atoms in total. The van der Waals surface area contributed by atoms with Crippen molar-refractivity contribution in [3.05, 3.63) is 29.8 Å². The standard InChI is InChI=1S/C14H22O3.Y/c1-11(2)8-12-4-6-13(7-5-12)17-10-14(9-15)16-3;/h4-7,11,14-15H,8-10H2,1-3H3;. The van der Waals surface area contributed by atoms with Gasteiger partial charge in [-0.25, -0.2) is 0 Å². The molecule has 1 atom stereocenters. The van der Waals surface area contributed by atoms with Crippen LogP contribution >= 0.6 is 0 Å². The molecule has 1 N–H and O–H groups in total. The van der Waals surface area contributed by atoms with Crippen molar-refractivity contribution in [3.63, 3.8) is 0 Å². The monoisotopic (exact) mass is 327 g/mol. The van der Waals surface area contributed by atoms with E-state index in [1.807, 2.05) is 12.1 Å². The molecule has 0 saturated heterocycles. The summed E-state index contributed by atoms with van der Waals surface area (Å²) in [5.41, 5.74) is 1.32. The van der Waals surface area contributed by atoms with Crippen LogP contribution in [0.15, 0.2) is 24.3 Å². The van der Waals surface area contributed by atoms with Crippen LogP contribution < -0.4 is 4.74 Å². The average Bonchev–Trinajstić information content (AvgIpc) is 2.32. The molecule has 1 unspecified atom stereocenters. The number of benzene rings is 1. The first-order chi connectivity index (χ1) is 8.15. The predicted octanol–water partition coefficient (Wildman–Crippen LogP) is 2.27. The Kier molecular flexibility index (Phi) is 9.93. The molecule has 0 aliphatic carbocycles. The summed E-state index contributed by atoms with van der Waals surface area (Å²) in [7, 11) is 1.57. The molecule has 18 heavy (non-hydrogen) atoms. The van der Waals surface area contributed by atoms with Crippen LogP contribution in [0.25, 0.3) is 0 Å². The number of aliphatic hydroxyl groups is 1. The second-order valence-corrected chi connectivity index (χ2v) is 4.59. The van der Waals surface area contributed by atoms with E-state index in [2.05, 4.69) is 26.0 Å². The Labute approximate surface area is 135 Å². The van der Waals surface area contributed by atoms with Gasteiger partial charge in [0.05, 0.1) is 6.61 Å². The Hall–Kier alpha value is 0.0439. The van der Waals surface area contributed by atoms with Gasteiger partial charge in [-0.2, -0.15) is 0 Å². The fourth-order valence-corrected chi connectivity index (χ4v) is 1.58. The van der Waals surface area contributed by atoms with Crippen molar-refractivity contribution < 1.29 is 47.3 Å². The number of methoxy groups -OCH3 is 1. The van der Waals surface area contributed by atoms with Gasteiger partial charge in [0.15, 0.2) is 0 Å². The summed E-state index contributed by atoms with van der Waals surface area (Å²) in [6, 6.07) is 8.08. The van der Waals surface area contributed by atoms with E-state index < -0.39 is 0 Å². The normalized spacial score (nSPS) is 12.1. The van der Waals surface area contributed by atoms with Crippen LogP contribution in [0.3, 0.4) is 0 Å². The van der Waals surface area contributed by atoms with Gasteiger partial charge < -0.3 is 14.6 Å². The van der Waals surface area contributed by atoms with E-state index in [1.54, 1.807) is 7.11 Å². The molecule has 0 aliphatic heterocycles. The molecule has 0 heterocycles. The zero-order valence-electron chi connectivity index (χ0n) is 11.4. The van der Waals surface area contributed by atoms with Gasteiger partial charge in [0.25, 0.3) is 0 Å². The summed E-state index contributed by atoms with van der Waals surface area (Å²) in [4.78, 5) is 0. The SMILES string of the molecule is COC(CO)COc1ccc(CC(C)C)cc1.[Y]. The van der Waals surface area contributed by atoms with E-state index in [0.29, 0.717) is 12.5 Å². The molecule has 4 heteroatoms. The minimum absolute atomic E-state index is 0. The van der Waals surface area contributed by atoms with Gasteiger partial charge in [-0.3, -0.25) is 0 Å². The molecule has 0 aromatic heterocycles. The number of hydrogen-bond acceptors (Lipinski definition) is 3. The van der Waals surface area contributed by atoms with Crippen molar-refractivity contribution in [1.82, 2.24) is 0 Å². The summed E-state index contributed by atoms with van der Waals surface area (Å²) in [5, 5.41) is 8.94. The molecular weight excluding hydrogens is 305 g/mol. The second kappa shape index (κ2) is 9.91. The third-order valence-corrected chi connectivity index (χ3v) is 2.54. The van der Waals surface area contributed by atoms with Crippen molar-refractivity contribution in [2.75, 3.05) is 20.3 Å². The van der Waals surface area contributed by atoms with Crippen LogP contribution in [0, 0.1) is 5.92 Å². The number of aliphatic hydroxyl groups excluding tert-OH is 1. The Morgan fingerprint density at radius 1 is 1.17 bits per heavy atom. The van der Waals surface area contributed by atoms with Gasteiger partial charge in [0, 0.05) is 39.8 Å². The molecule has 0 bridgehead atoms. The molecule has 1 aromatic carbocycles. The van der Waals surface area contributed by atoms with Gasteiger partial charge in [-0.05, 0) is 30.0 Å². The predicted molar refractivity (Wildman–Crippen MR) is 68.4 cm³/mol. The minimum Gasteiger partial charge on any atom is -0.491 e. The van der Waals surface area contributed by atoms with Crippen molar-refractivity contribution in [3.8, 4) is 5.75 Å². The van der Waals surface area contributed by atoms with Crippen LogP contribution in [-0.2, 0) is 43.9 Å². The maximum Gasteiger partial charge on any atom is 0.119 e. The van der Waals surface area contributed by atoms with E-state index >= 15 is 0 Å². The molecule has 99 valence electrons. The quantitative estimate of drug-likeness (QED) is 0.835. The van der Waals surface area contributed by atoms with Crippen LogP contribution in [0.4, 0.5) is 0 Å². The first kappa shape index (κ1) is 18.0. The van der Waals surface area contributed by atoms with Crippen LogP contribution in [0.5, 0.6) is 5.75 Å². The van der Waals surface area contributed by atoms with Gasteiger partial charge in [0.2, 0.25) is 0 Å². The van der Waals surface area contributed by atoms with Crippen molar-refractivity contribution >= 4 is 0 Å². The zero-order chi connectivity index (χ0) is 12.7. The number of hydrogen-bond donors (Lipinski definition) is 1. The van der Waals surface area contributed by atoms with E-state index in [0.717, 1.165) is 12.2 Å². The average molecular weight is 327 g/mol. The summed E-state index contributed by atoms with van der Waals surface area (Å²) in [6.45, 7) is 4.75. The topological polar surface area (TPSA) is 38.7 Å². The Morgan fingerprint density at radius 2 is 1.78 bits per heavy atom.